The zero-order chi connectivity index (χ0) is 15.8. The predicted molar refractivity (Wildman–Crippen MR) is 88.8 cm³/mol. The van der Waals surface area contributed by atoms with Gasteiger partial charge in [0, 0.05) is 19.5 Å². The number of aliphatic imine (C=N–C) groups is 1. The first kappa shape index (κ1) is 17.3. The van der Waals surface area contributed by atoms with E-state index in [1.165, 1.54) is 0 Å². The molecule has 0 spiro atoms. The van der Waals surface area contributed by atoms with E-state index in [0.717, 1.165) is 18.7 Å². The first-order valence-electron chi connectivity index (χ1n) is 7.08. The van der Waals surface area contributed by atoms with Crippen LogP contribution in [0.1, 0.15) is 25.8 Å². The van der Waals surface area contributed by atoms with Gasteiger partial charge in [-0.3, -0.25) is 9.79 Å². The van der Waals surface area contributed by atoms with Crippen molar-refractivity contribution in [3.63, 3.8) is 0 Å². The van der Waals surface area contributed by atoms with Gasteiger partial charge in [-0.2, -0.15) is 0 Å². The largest absolute Gasteiger partial charge is 0.370 e. The Morgan fingerprint density at radius 3 is 2.62 bits per heavy atom. The summed E-state index contributed by atoms with van der Waals surface area (Å²) in [7, 11) is 0. The minimum absolute atomic E-state index is 0.128. The van der Waals surface area contributed by atoms with Crippen molar-refractivity contribution >= 4 is 29.2 Å². The smallest absolute Gasteiger partial charge is 0.226 e. The van der Waals surface area contributed by atoms with E-state index in [4.69, 9.17) is 17.3 Å². The molecule has 1 aromatic rings. The summed E-state index contributed by atoms with van der Waals surface area (Å²) in [6.45, 7) is 7.93. The Morgan fingerprint density at radius 2 is 2.05 bits per heavy atom. The van der Waals surface area contributed by atoms with Gasteiger partial charge in [0.15, 0.2) is 5.96 Å². The number of nitrogens with one attached hydrogen (secondary N) is 1. The summed E-state index contributed by atoms with van der Waals surface area (Å²) in [4.78, 5) is 18.0. The van der Waals surface area contributed by atoms with Crippen molar-refractivity contribution in [3.05, 3.63) is 28.8 Å². The van der Waals surface area contributed by atoms with Gasteiger partial charge >= 0.3 is 0 Å². The summed E-state index contributed by atoms with van der Waals surface area (Å²) >= 11 is 6.07. The standard InChI is InChI=1S/C15H23ClN4O/c1-4-20(5-2)15(17)18-9-8-14(21)19-13-7-6-11(3)10-12(13)16/h6-7,10H,4-5,8-9H2,1-3H3,(H2,17,18)(H,19,21). The van der Waals surface area contributed by atoms with Gasteiger partial charge in [-0.05, 0) is 38.5 Å². The van der Waals surface area contributed by atoms with Crippen LogP contribution >= 0.6 is 11.6 Å². The van der Waals surface area contributed by atoms with Crippen LogP contribution in [-0.4, -0.2) is 36.4 Å². The number of nitrogens with zero attached hydrogens (tertiary/aromatic N) is 2. The molecule has 0 aliphatic heterocycles. The van der Waals surface area contributed by atoms with E-state index in [1.54, 1.807) is 6.07 Å². The fraction of sp³-hybridized carbons (Fsp3) is 0.467. The molecule has 0 radical (unpaired) electrons. The van der Waals surface area contributed by atoms with Crippen LogP contribution in [-0.2, 0) is 4.79 Å². The van der Waals surface area contributed by atoms with Crippen LogP contribution in [0.25, 0.3) is 0 Å². The Kier molecular flexibility index (Phi) is 7.02. The van der Waals surface area contributed by atoms with Crippen LogP contribution in [0.15, 0.2) is 23.2 Å². The average molecular weight is 311 g/mol. The summed E-state index contributed by atoms with van der Waals surface area (Å²) in [6.07, 6.45) is 0.270. The summed E-state index contributed by atoms with van der Waals surface area (Å²) in [6, 6.07) is 5.51. The summed E-state index contributed by atoms with van der Waals surface area (Å²) < 4.78 is 0. The van der Waals surface area contributed by atoms with Crippen molar-refractivity contribution in [3.8, 4) is 0 Å². The normalized spacial score (nSPS) is 11.3. The lowest BCUT2D eigenvalue weighted by atomic mass is 10.2. The van der Waals surface area contributed by atoms with Crippen LogP contribution in [0.4, 0.5) is 5.69 Å². The third-order valence-electron chi connectivity index (χ3n) is 3.10. The number of guanidine groups is 1. The van der Waals surface area contributed by atoms with E-state index in [-0.39, 0.29) is 12.3 Å². The number of amides is 1. The maximum Gasteiger partial charge on any atom is 0.226 e. The van der Waals surface area contributed by atoms with Crippen molar-refractivity contribution in [2.75, 3.05) is 25.0 Å². The summed E-state index contributed by atoms with van der Waals surface area (Å²) in [5.74, 6) is 0.345. The summed E-state index contributed by atoms with van der Waals surface area (Å²) in [5.41, 5.74) is 7.51. The van der Waals surface area contributed by atoms with Crippen LogP contribution < -0.4 is 11.1 Å². The molecule has 5 nitrogen and oxygen atoms in total. The Labute approximate surface area is 131 Å². The van der Waals surface area contributed by atoms with Crippen molar-refractivity contribution in [1.82, 2.24) is 4.90 Å². The zero-order valence-corrected chi connectivity index (χ0v) is 13.6. The molecule has 0 atom stereocenters. The highest BCUT2D eigenvalue weighted by molar-refractivity contribution is 6.33. The molecule has 0 aromatic heterocycles. The molecule has 0 aliphatic rings. The topological polar surface area (TPSA) is 70.7 Å². The fourth-order valence-electron chi connectivity index (χ4n) is 1.85. The minimum Gasteiger partial charge on any atom is -0.370 e. The Morgan fingerprint density at radius 1 is 1.38 bits per heavy atom. The number of nitrogens with two attached hydrogens (primary N) is 1. The number of rotatable bonds is 6. The van der Waals surface area contributed by atoms with Crippen LogP contribution in [0.3, 0.4) is 0 Å². The van der Waals surface area contributed by atoms with E-state index in [9.17, 15) is 4.79 Å². The van der Waals surface area contributed by atoms with Crippen LogP contribution in [0.5, 0.6) is 0 Å². The first-order chi connectivity index (χ1) is 9.97. The highest BCUT2D eigenvalue weighted by atomic mass is 35.5. The Hall–Kier alpha value is -1.75. The number of hydrogen-bond acceptors (Lipinski definition) is 2. The van der Waals surface area contributed by atoms with E-state index in [0.29, 0.717) is 23.2 Å². The molecule has 1 aromatic carbocycles. The zero-order valence-electron chi connectivity index (χ0n) is 12.8. The quantitative estimate of drug-likeness (QED) is 0.627. The number of anilines is 1. The van der Waals surface area contributed by atoms with Gasteiger partial charge in [-0.15, -0.1) is 0 Å². The maximum absolute atomic E-state index is 11.8. The Bertz CT molecular complexity index is 512. The molecule has 1 rings (SSSR count). The number of hydrogen-bond donors (Lipinski definition) is 2. The van der Waals surface area contributed by atoms with Crippen LogP contribution in [0, 0.1) is 6.92 Å². The van der Waals surface area contributed by atoms with Gasteiger partial charge < -0.3 is 16.0 Å². The van der Waals surface area contributed by atoms with Gasteiger partial charge in [-0.1, -0.05) is 17.7 Å². The van der Waals surface area contributed by atoms with Crippen LogP contribution in [0.2, 0.25) is 5.02 Å². The molecule has 0 saturated carbocycles. The second-order valence-electron chi connectivity index (χ2n) is 4.69. The SMILES string of the molecule is CCN(CC)C(N)=NCCC(=O)Nc1ccc(C)cc1Cl. The first-order valence-corrected chi connectivity index (χ1v) is 7.46. The van der Waals surface area contributed by atoms with Gasteiger partial charge in [0.25, 0.3) is 0 Å². The lowest BCUT2D eigenvalue weighted by molar-refractivity contribution is -0.116. The van der Waals surface area contributed by atoms with Crippen molar-refractivity contribution in [2.45, 2.75) is 27.2 Å². The van der Waals surface area contributed by atoms with E-state index < -0.39 is 0 Å². The summed E-state index contributed by atoms with van der Waals surface area (Å²) in [5, 5.41) is 3.31. The molecule has 0 aliphatic carbocycles. The maximum atomic E-state index is 11.8. The minimum atomic E-state index is -0.128. The fourth-order valence-corrected chi connectivity index (χ4v) is 2.14. The number of carbonyl (C=O) groups excluding carboxylic acids is 1. The lowest BCUT2D eigenvalue weighted by Crippen LogP contribution is -2.37. The molecule has 0 heterocycles. The van der Waals surface area contributed by atoms with Gasteiger partial charge in [0.05, 0.1) is 17.3 Å². The van der Waals surface area contributed by atoms with Crippen molar-refractivity contribution in [2.24, 2.45) is 10.7 Å². The molecule has 1 amide bonds. The van der Waals surface area contributed by atoms with E-state index in [2.05, 4.69) is 10.3 Å². The number of aryl methyl sites for hydroxylation is 1. The Balaban J connectivity index is 2.49. The van der Waals surface area contributed by atoms with Gasteiger partial charge in [0.1, 0.15) is 0 Å². The molecule has 0 saturated heterocycles. The number of carbonyl (C=O) groups is 1. The molecular weight excluding hydrogens is 288 g/mol. The highest BCUT2D eigenvalue weighted by Crippen LogP contribution is 2.22. The molecule has 0 unspecified atom stereocenters. The molecular formula is C15H23ClN4O. The van der Waals surface area contributed by atoms with E-state index >= 15 is 0 Å². The molecule has 6 heteroatoms. The molecule has 116 valence electrons. The van der Waals surface area contributed by atoms with Gasteiger partial charge in [0.2, 0.25) is 5.91 Å². The monoisotopic (exact) mass is 310 g/mol. The third kappa shape index (κ3) is 5.63. The van der Waals surface area contributed by atoms with Crippen molar-refractivity contribution < 1.29 is 4.79 Å². The van der Waals surface area contributed by atoms with E-state index in [1.807, 2.05) is 37.8 Å². The molecule has 0 bridgehead atoms. The second-order valence-corrected chi connectivity index (χ2v) is 5.10. The van der Waals surface area contributed by atoms with Crippen molar-refractivity contribution in [1.29, 1.82) is 0 Å². The highest BCUT2D eigenvalue weighted by Gasteiger charge is 2.06. The average Bonchev–Trinajstić information content (AvgIpc) is 2.43. The molecule has 3 N–H and O–H groups in total. The lowest BCUT2D eigenvalue weighted by Gasteiger charge is -2.19. The number of benzene rings is 1. The second kappa shape index (κ2) is 8.52. The third-order valence-corrected chi connectivity index (χ3v) is 3.41. The predicted octanol–water partition coefficient (Wildman–Crippen LogP) is 2.63. The molecule has 0 fully saturated rings. The van der Waals surface area contributed by atoms with Gasteiger partial charge in [-0.25, -0.2) is 0 Å². The number of halogens is 1. The molecule has 21 heavy (non-hydrogen) atoms.